The lowest BCUT2D eigenvalue weighted by Gasteiger charge is -2.39. The molecular formula is C32H34F3N3O8S. The van der Waals surface area contributed by atoms with E-state index in [1.165, 1.54) is 12.1 Å². The highest BCUT2D eigenvalue weighted by Crippen LogP contribution is 2.36. The summed E-state index contributed by atoms with van der Waals surface area (Å²) >= 11 is 0. The fourth-order valence-electron chi connectivity index (χ4n) is 4.91. The van der Waals surface area contributed by atoms with Gasteiger partial charge in [0.25, 0.3) is 5.91 Å². The minimum atomic E-state index is -5.08. The molecule has 47 heavy (non-hydrogen) atoms. The van der Waals surface area contributed by atoms with E-state index in [1.54, 1.807) is 36.9 Å². The number of hydroxylamine groups is 1. The zero-order valence-electron chi connectivity index (χ0n) is 25.4. The van der Waals surface area contributed by atoms with Gasteiger partial charge in [-0.15, -0.1) is 0 Å². The van der Waals surface area contributed by atoms with Crippen LogP contribution < -0.4 is 10.2 Å². The second-order valence-corrected chi connectivity index (χ2v) is 12.8. The molecular weight excluding hydrogens is 643 g/mol. The summed E-state index contributed by atoms with van der Waals surface area (Å²) in [5.41, 5.74) is 5.38. The number of nitrogens with zero attached hydrogens (tertiary/aromatic N) is 2. The van der Waals surface area contributed by atoms with Crippen LogP contribution in [0, 0.1) is 11.3 Å². The molecule has 3 aromatic carbocycles. The number of nitriles is 1. The molecule has 0 aromatic heterocycles. The molecule has 3 N–H and O–H groups in total. The number of alkyl halides is 3. The Bertz CT molecular complexity index is 1630. The fraction of sp³-hybridized carbons (Fsp3) is 0.344. The van der Waals surface area contributed by atoms with E-state index in [0.717, 1.165) is 16.7 Å². The Morgan fingerprint density at radius 2 is 1.49 bits per heavy atom. The maximum absolute atomic E-state index is 13.6. The van der Waals surface area contributed by atoms with Gasteiger partial charge in [0.15, 0.2) is 14.6 Å². The predicted octanol–water partition coefficient (Wildman–Crippen LogP) is 4.24. The Hall–Kier alpha value is -4.49. The van der Waals surface area contributed by atoms with Crippen molar-refractivity contribution in [3.05, 3.63) is 83.9 Å². The van der Waals surface area contributed by atoms with Crippen LogP contribution in [0.25, 0.3) is 11.1 Å². The molecule has 1 aliphatic heterocycles. The second kappa shape index (κ2) is 16.4. The number of carboxylic acids is 1. The largest absolute Gasteiger partial charge is 0.493 e. The number of methoxy groups -OCH3 is 1. The molecule has 1 saturated heterocycles. The van der Waals surface area contributed by atoms with Gasteiger partial charge in [-0.05, 0) is 65.9 Å². The van der Waals surface area contributed by atoms with E-state index in [0.29, 0.717) is 50.6 Å². The first-order valence-electron chi connectivity index (χ1n) is 14.3. The normalized spacial score (nSPS) is 14.6. The van der Waals surface area contributed by atoms with Crippen molar-refractivity contribution in [3.8, 4) is 22.9 Å². The van der Waals surface area contributed by atoms with Crippen LogP contribution in [0.1, 0.15) is 24.0 Å². The summed E-state index contributed by atoms with van der Waals surface area (Å²) in [7, 11) is -2.49. The van der Waals surface area contributed by atoms with Crippen LogP contribution in [0.4, 0.5) is 13.2 Å². The minimum Gasteiger partial charge on any atom is -0.493 e. The molecule has 0 bridgehead atoms. The van der Waals surface area contributed by atoms with E-state index in [1.807, 2.05) is 41.3 Å². The molecule has 0 spiro atoms. The van der Waals surface area contributed by atoms with Crippen molar-refractivity contribution in [1.82, 2.24) is 10.4 Å². The summed E-state index contributed by atoms with van der Waals surface area (Å²) in [6, 6.07) is 23.7. The molecule has 252 valence electrons. The van der Waals surface area contributed by atoms with Crippen molar-refractivity contribution in [2.24, 2.45) is 0 Å². The lowest BCUT2D eigenvalue weighted by Crippen LogP contribution is -2.57. The molecule has 15 heteroatoms. The van der Waals surface area contributed by atoms with E-state index in [2.05, 4.69) is 6.07 Å². The molecule has 0 saturated carbocycles. The molecule has 0 aliphatic carbocycles. The predicted molar refractivity (Wildman–Crippen MR) is 163 cm³/mol. The Labute approximate surface area is 270 Å². The zero-order chi connectivity index (χ0) is 34.7. The Morgan fingerprint density at radius 1 is 0.957 bits per heavy atom. The van der Waals surface area contributed by atoms with Crippen LogP contribution >= 0.6 is 0 Å². The SMILES string of the molecule is COCCN1CCC(C(=O)NO)(S(=O)(=O)c2ccc(OCCc3ccc(-c4ccc(C#N)cc4)cc3)cc2)CC1.O=C(O)C(F)(F)F. The maximum Gasteiger partial charge on any atom is 0.490 e. The molecule has 1 aliphatic rings. The van der Waals surface area contributed by atoms with Gasteiger partial charge in [-0.2, -0.15) is 18.4 Å². The topological polar surface area (TPSA) is 166 Å². The van der Waals surface area contributed by atoms with Crippen molar-refractivity contribution in [2.45, 2.75) is 35.1 Å². The van der Waals surface area contributed by atoms with Crippen LogP contribution in [0.5, 0.6) is 5.75 Å². The van der Waals surface area contributed by atoms with Gasteiger partial charge in [0.05, 0.1) is 29.7 Å². The van der Waals surface area contributed by atoms with Gasteiger partial charge in [0.2, 0.25) is 0 Å². The fourth-order valence-corrected chi connectivity index (χ4v) is 6.86. The number of carboxylic acid groups (broad SMARTS) is 1. The number of piperidine rings is 1. The first-order chi connectivity index (χ1) is 22.3. The quantitative estimate of drug-likeness (QED) is 0.197. The highest BCUT2D eigenvalue weighted by atomic mass is 32.2. The summed E-state index contributed by atoms with van der Waals surface area (Å²) in [4.78, 5) is 23.6. The van der Waals surface area contributed by atoms with Crippen LogP contribution in [0.3, 0.4) is 0 Å². The number of nitrogens with one attached hydrogen (secondary N) is 1. The average Bonchev–Trinajstić information content (AvgIpc) is 3.07. The lowest BCUT2D eigenvalue weighted by atomic mass is 9.95. The number of likely N-dealkylation sites (tertiary alicyclic amines) is 1. The van der Waals surface area contributed by atoms with E-state index < -0.39 is 32.6 Å². The highest BCUT2D eigenvalue weighted by Gasteiger charge is 2.52. The number of hydrogen-bond acceptors (Lipinski definition) is 9. The van der Waals surface area contributed by atoms with Gasteiger partial charge in [-0.25, -0.2) is 18.7 Å². The smallest absolute Gasteiger partial charge is 0.490 e. The van der Waals surface area contributed by atoms with Crippen molar-refractivity contribution in [2.75, 3.05) is 40.0 Å². The van der Waals surface area contributed by atoms with Gasteiger partial charge >= 0.3 is 12.1 Å². The van der Waals surface area contributed by atoms with E-state index in [4.69, 9.17) is 24.6 Å². The van der Waals surface area contributed by atoms with Gasteiger partial charge in [-0.1, -0.05) is 36.4 Å². The van der Waals surface area contributed by atoms with Crippen molar-refractivity contribution in [3.63, 3.8) is 0 Å². The molecule has 1 heterocycles. The maximum atomic E-state index is 13.6. The first kappa shape index (κ1) is 37.0. The van der Waals surface area contributed by atoms with E-state index in [9.17, 15) is 31.6 Å². The van der Waals surface area contributed by atoms with Gasteiger partial charge in [-0.3, -0.25) is 10.0 Å². The van der Waals surface area contributed by atoms with Gasteiger partial charge in [0, 0.05) is 33.2 Å². The number of sulfone groups is 1. The van der Waals surface area contributed by atoms with Gasteiger partial charge < -0.3 is 19.5 Å². The number of hydrogen-bond donors (Lipinski definition) is 3. The zero-order valence-corrected chi connectivity index (χ0v) is 26.2. The van der Waals surface area contributed by atoms with Crippen LogP contribution in [-0.4, -0.2) is 86.4 Å². The van der Waals surface area contributed by atoms with Crippen LogP contribution in [0.2, 0.25) is 0 Å². The van der Waals surface area contributed by atoms with E-state index >= 15 is 0 Å². The molecule has 4 rings (SSSR count). The third-order valence-corrected chi connectivity index (χ3v) is 10.2. The van der Waals surface area contributed by atoms with Crippen molar-refractivity contribution >= 4 is 21.7 Å². The number of benzene rings is 3. The number of ether oxygens (including phenoxy) is 2. The molecule has 1 fully saturated rings. The summed E-state index contributed by atoms with van der Waals surface area (Å²) in [6.07, 6.45) is -4.30. The molecule has 0 unspecified atom stereocenters. The number of amides is 1. The third kappa shape index (κ3) is 9.52. The third-order valence-electron chi connectivity index (χ3n) is 7.64. The monoisotopic (exact) mass is 677 g/mol. The van der Waals surface area contributed by atoms with Crippen LogP contribution in [-0.2, 0) is 30.6 Å². The Balaban J connectivity index is 0.000000771. The summed E-state index contributed by atoms with van der Waals surface area (Å²) in [6.45, 7) is 2.34. The van der Waals surface area contributed by atoms with Gasteiger partial charge in [0.1, 0.15) is 5.75 Å². The number of halogens is 3. The molecule has 1 amide bonds. The lowest BCUT2D eigenvalue weighted by molar-refractivity contribution is -0.192. The standard InChI is InChI=1S/C30H33N3O6S.C2HF3O2/c1-38-21-19-33-17-15-30(16-18-33,29(34)32-35)40(36,37)28-12-10-27(11-13-28)39-20-14-23-2-6-25(7-3-23)26-8-4-24(22-31)5-9-26;3-2(4,5)1(6)7/h2-13,35H,14-21H2,1H3,(H,32,34);(H,6,7). The van der Waals surface area contributed by atoms with Crippen LogP contribution in [0.15, 0.2) is 77.7 Å². The Morgan fingerprint density at radius 3 is 1.96 bits per heavy atom. The van der Waals surface area contributed by atoms with E-state index in [-0.39, 0.29) is 17.7 Å². The van der Waals surface area contributed by atoms with Crippen molar-refractivity contribution in [1.29, 1.82) is 5.26 Å². The highest BCUT2D eigenvalue weighted by molar-refractivity contribution is 7.93. The first-order valence-corrected chi connectivity index (χ1v) is 15.8. The average molecular weight is 678 g/mol. The summed E-state index contributed by atoms with van der Waals surface area (Å²) < 4.78 is 68.2. The molecule has 0 radical (unpaired) electrons. The molecule has 3 aromatic rings. The molecule has 11 nitrogen and oxygen atoms in total. The number of carbonyl (C=O) groups is 2. The number of aliphatic carboxylic acids is 1. The summed E-state index contributed by atoms with van der Waals surface area (Å²) in [5.74, 6) is -3.15. The second-order valence-electron chi connectivity index (χ2n) is 10.5. The minimum absolute atomic E-state index is 0.00665. The molecule has 0 atom stereocenters. The summed E-state index contributed by atoms with van der Waals surface area (Å²) in [5, 5.41) is 25.5. The number of rotatable bonds is 11. The number of carbonyl (C=O) groups excluding carboxylic acids is 1. The Kier molecular flexibility index (Phi) is 12.9. The van der Waals surface area contributed by atoms with Crippen molar-refractivity contribution < 1.29 is 51.0 Å².